The van der Waals surface area contributed by atoms with Crippen LogP contribution in [0.15, 0.2) is 91.0 Å². The second kappa shape index (κ2) is 11.6. The highest BCUT2D eigenvalue weighted by Crippen LogP contribution is 2.43. The van der Waals surface area contributed by atoms with Gasteiger partial charge in [-0.15, -0.1) is 0 Å². The van der Waals surface area contributed by atoms with E-state index in [0.717, 1.165) is 22.8 Å². The molecule has 8 nitrogen and oxygen atoms in total. The van der Waals surface area contributed by atoms with Gasteiger partial charge in [0.05, 0.1) is 26.7 Å². The number of benzene rings is 3. The Hall–Kier alpha value is -4.05. The predicted octanol–water partition coefficient (Wildman–Crippen LogP) is 3.31. The molecule has 0 saturated carbocycles. The van der Waals surface area contributed by atoms with Gasteiger partial charge in [0.15, 0.2) is 6.17 Å². The molecule has 3 aromatic carbocycles. The van der Waals surface area contributed by atoms with Gasteiger partial charge in [0, 0.05) is 6.08 Å². The summed E-state index contributed by atoms with van der Waals surface area (Å²) < 4.78 is 38.6. The molecule has 0 aliphatic carbocycles. The van der Waals surface area contributed by atoms with Gasteiger partial charge < -0.3 is 24.1 Å². The SMILES string of the molecule is COc1ccc(C(OC[C@H]2O[C@@H](C3C=CC(=O)NC3=O)C(F)[C@H]2O)(c2ccccc2)c2ccc(OC)cc2)cc1. The zero-order valence-corrected chi connectivity index (χ0v) is 22.0. The maximum absolute atomic E-state index is 15.3. The van der Waals surface area contributed by atoms with E-state index >= 15 is 4.39 Å². The quantitative estimate of drug-likeness (QED) is 0.313. The second-order valence-electron chi connectivity index (χ2n) is 9.63. The lowest BCUT2D eigenvalue weighted by atomic mass is 9.80. The van der Waals surface area contributed by atoms with Gasteiger partial charge in [0.1, 0.15) is 35.4 Å². The molecule has 3 aromatic rings. The first-order chi connectivity index (χ1) is 19.4. The molecule has 2 amide bonds. The van der Waals surface area contributed by atoms with Crippen LogP contribution in [0.2, 0.25) is 0 Å². The Morgan fingerprint density at radius 1 is 0.875 bits per heavy atom. The largest absolute Gasteiger partial charge is 0.497 e. The lowest BCUT2D eigenvalue weighted by Gasteiger charge is -2.37. The van der Waals surface area contributed by atoms with E-state index in [1.807, 2.05) is 78.9 Å². The first-order valence-corrected chi connectivity index (χ1v) is 12.9. The summed E-state index contributed by atoms with van der Waals surface area (Å²) in [6, 6.07) is 24.4. The number of imide groups is 1. The van der Waals surface area contributed by atoms with E-state index in [9.17, 15) is 14.7 Å². The lowest BCUT2D eigenvalue weighted by Crippen LogP contribution is -2.45. The zero-order valence-electron chi connectivity index (χ0n) is 22.0. The van der Waals surface area contributed by atoms with Crippen LogP contribution in [0.4, 0.5) is 4.39 Å². The molecule has 2 N–H and O–H groups in total. The second-order valence-corrected chi connectivity index (χ2v) is 9.63. The monoisotopic (exact) mass is 547 g/mol. The molecule has 0 bridgehead atoms. The molecule has 2 aliphatic rings. The number of hydrogen-bond acceptors (Lipinski definition) is 7. The topological polar surface area (TPSA) is 103 Å². The van der Waals surface area contributed by atoms with Crippen molar-refractivity contribution in [2.24, 2.45) is 5.92 Å². The van der Waals surface area contributed by atoms with Crippen LogP contribution in [0.5, 0.6) is 11.5 Å². The Balaban J connectivity index is 1.53. The summed E-state index contributed by atoms with van der Waals surface area (Å²) in [7, 11) is 3.17. The molecule has 0 spiro atoms. The summed E-state index contributed by atoms with van der Waals surface area (Å²) in [6.45, 7) is -0.206. The molecule has 2 heterocycles. The Morgan fingerprint density at radius 2 is 1.43 bits per heavy atom. The van der Waals surface area contributed by atoms with Crippen molar-refractivity contribution >= 4 is 11.8 Å². The summed E-state index contributed by atoms with van der Waals surface area (Å²) in [5, 5.41) is 13.0. The average molecular weight is 548 g/mol. The van der Waals surface area contributed by atoms with E-state index in [1.165, 1.54) is 6.08 Å². The first kappa shape index (κ1) is 27.5. The van der Waals surface area contributed by atoms with Crippen LogP contribution in [0.1, 0.15) is 16.7 Å². The Labute approximate surface area is 231 Å². The molecule has 5 atom stereocenters. The third-order valence-electron chi connectivity index (χ3n) is 7.35. The predicted molar refractivity (Wildman–Crippen MR) is 144 cm³/mol. The normalized spacial score (nSPS) is 24.6. The molecule has 1 fully saturated rings. The van der Waals surface area contributed by atoms with Gasteiger partial charge in [-0.3, -0.25) is 14.9 Å². The number of halogens is 1. The number of ether oxygens (including phenoxy) is 4. The van der Waals surface area contributed by atoms with E-state index < -0.39 is 47.8 Å². The number of aliphatic hydroxyl groups excluding tert-OH is 1. The molecule has 5 rings (SSSR count). The number of hydrogen-bond donors (Lipinski definition) is 2. The van der Waals surface area contributed by atoms with Crippen molar-refractivity contribution in [1.82, 2.24) is 5.32 Å². The van der Waals surface area contributed by atoms with Gasteiger partial charge in [0.25, 0.3) is 0 Å². The molecule has 1 saturated heterocycles. The minimum absolute atomic E-state index is 0.206. The lowest BCUT2D eigenvalue weighted by molar-refractivity contribution is -0.136. The van der Waals surface area contributed by atoms with Crippen molar-refractivity contribution in [1.29, 1.82) is 0 Å². The molecule has 2 unspecified atom stereocenters. The molecule has 208 valence electrons. The molecule has 2 aliphatic heterocycles. The molecular weight excluding hydrogens is 517 g/mol. The fourth-order valence-electron chi connectivity index (χ4n) is 5.24. The standard InChI is InChI=1S/C31H30FNO7/c1-37-22-12-8-20(9-13-22)31(19-6-4-3-5-7-19,21-10-14-23(38-2)15-11-21)39-18-25-28(35)27(32)29(40-25)24-16-17-26(34)33-30(24)36/h3-17,24-25,27-29,35H,18H2,1-2H3,(H,33,34,36)/t24?,25-,27?,28+,29+/m1/s1. The number of methoxy groups -OCH3 is 2. The van der Waals surface area contributed by atoms with Crippen molar-refractivity contribution in [3.8, 4) is 11.5 Å². The fraction of sp³-hybridized carbons (Fsp3) is 0.290. The van der Waals surface area contributed by atoms with Crippen LogP contribution in [0.25, 0.3) is 0 Å². The average Bonchev–Trinajstić information content (AvgIpc) is 3.27. The van der Waals surface area contributed by atoms with E-state index in [2.05, 4.69) is 5.32 Å². The number of amides is 2. The van der Waals surface area contributed by atoms with Gasteiger partial charge in [0.2, 0.25) is 11.8 Å². The molecule has 40 heavy (non-hydrogen) atoms. The number of aliphatic hydroxyl groups is 1. The van der Waals surface area contributed by atoms with Gasteiger partial charge >= 0.3 is 0 Å². The third kappa shape index (κ3) is 5.11. The maximum Gasteiger partial charge on any atom is 0.250 e. The highest BCUT2D eigenvalue weighted by molar-refractivity contribution is 6.05. The van der Waals surface area contributed by atoms with Crippen molar-refractivity contribution in [2.75, 3.05) is 20.8 Å². The zero-order chi connectivity index (χ0) is 28.3. The first-order valence-electron chi connectivity index (χ1n) is 12.9. The van der Waals surface area contributed by atoms with Gasteiger partial charge in [-0.1, -0.05) is 60.7 Å². The smallest absolute Gasteiger partial charge is 0.250 e. The Morgan fingerprint density at radius 3 is 1.95 bits per heavy atom. The molecule has 0 radical (unpaired) electrons. The molecule has 9 heteroatoms. The van der Waals surface area contributed by atoms with E-state index in [1.54, 1.807) is 14.2 Å². The van der Waals surface area contributed by atoms with E-state index in [0.29, 0.717) is 11.5 Å². The van der Waals surface area contributed by atoms with E-state index in [-0.39, 0.29) is 6.61 Å². The Bertz CT molecular complexity index is 1310. The number of alkyl halides is 1. The van der Waals surface area contributed by atoms with Gasteiger partial charge in [-0.25, -0.2) is 4.39 Å². The van der Waals surface area contributed by atoms with Crippen LogP contribution in [0.3, 0.4) is 0 Å². The van der Waals surface area contributed by atoms with Crippen LogP contribution in [-0.4, -0.2) is 62.2 Å². The minimum Gasteiger partial charge on any atom is -0.497 e. The summed E-state index contributed by atoms with van der Waals surface area (Å²) >= 11 is 0. The summed E-state index contributed by atoms with van der Waals surface area (Å²) in [5.41, 5.74) is 1.12. The highest BCUT2D eigenvalue weighted by Gasteiger charge is 2.50. The van der Waals surface area contributed by atoms with Crippen molar-refractivity contribution in [3.05, 3.63) is 108 Å². The minimum atomic E-state index is -1.87. The summed E-state index contributed by atoms with van der Waals surface area (Å²) in [4.78, 5) is 23.9. The van der Waals surface area contributed by atoms with Crippen LogP contribution in [-0.2, 0) is 24.7 Å². The number of carbonyl (C=O) groups is 2. The summed E-state index contributed by atoms with van der Waals surface area (Å²) in [6.07, 6.45) is -3.32. The van der Waals surface area contributed by atoms with Crippen molar-refractivity contribution in [3.63, 3.8) is 0 Å². The number of rotatable bonds is 9. The van der Waals surface area contributed by atoms with Crippen molar-refractivity contribution in [2.45, 2.75) is 30.1 Å². The van der Waals surface area contributed by atoms with Crippen LogP contribution < -0.4 is 14.8 Å². The number of nitrogens with one attached hydrogen (secondary N) is 1. The van der Waals surface area contributed by atoms with Gasteiger partial charge in [-0.2, -0.15) is 0 Å². The summed E-state index contributed by atoms with van der Waals surface area (Å²) in [5.74, 6) is -0.995. The van der Waals surface area contributed by atoms with E-state index in [4.69, 9.17) is 18.9 Å². The maximum atomic E-state index is 15.3. The van der Waals surface area contributed by atoms with Gasteiger partial charge in [-0.05, 0) is 41.0 Å². The number of carbonyl (C=O) groups excluding carboxylic acids is 2. The highest BCUT2D eigenvalue weighted by atomic mass is 19.1. The van der Waals surface area contributed by atoms with Crippen LogP contribution in [0, 0.1) is 5.92 Å². The molecule has 0 aromatic heterocycles. The van der Waals surface area contributed by atoms with Crippen molar-refractivity contribution < 1.29 is 38.0 Å². The molecular formula is C31H30FNO7. The Kier molecular flexibility index (Phi) is 7.97. The fourth-order valence-corrected chi connectivity index (χ4v) is 5.24. The third-order valence-corrected chi connectivity index (χ3v) is 7.35. The van der Waals surface area contributed by atoms with Crippen LogP contribution >= 0.6 is 0 Å².